The Morgan fingerprint density at radius 3 is 2.27 bits per heavy atom. The summed E-state index contributed by atoms with van der Waals surface area (Å²) in [5.74, 6) is 0. The molecular weight excluding hydrogens is 218 g/mol. The molecule has 0 spiro atoms. The fourth-order valence-corrected chi connectivity index (χ4v) is 1.86. The van der Waals surface area contributed by atoms with Crippen LogP contribution in [0.1, 0.15) is 6.42 Å². The van der Waals surface area contributed by atoms with Crippen LogP contribution >= 0.6 is 0 Å². The van der Waals surface area contributed by atoms with Crippen LogP contribution in [0.2, 0.25) is 0 Å². The molecule has 0 radical (unpaired) electrons. The molecule has 0 atom stereocenters. The standard InChI is InChI=1S/C8H21N3O3S/c1-10(2)7-5-9-15(13,14)11(3)6-4-8-12/h9,12H,4-8H2,1-3H3. The van der Waals surface area contributed by atoms with Crippen LogP contribution < -0.4 is 4.72 Å². The molecule has 0 aliphatic heterocycles. The largest absolute Gasteiger partial charge is 0.396 e. The Kier molecular flexibility index (Phi) is 7.03. The summed E-state index contributed by atoms with van der Waals surface area (Å²) in [6, 6.07) is 0. The molecule has 0 unspecified atom stereocenters. The van der Waals surface area contributed by atoms with Gasteiger partial charge in [-0.3, -0.25) is 0 Å². The number of nitrogens with one attached hydrogen (secondary N) is 1. The summed E-state index contributed by atoms with van der Waals surface area (Å²) in [6.45, 7) is 1.37. The highest BCUT2D eigenvalue weighted by Gasteiger charge is 2.15. The average molecular weight is 239 g/mol. The molecule has 6 nitrogen and oxygen atoms in total. The molecule has 0 heterocycles. The van der Waals surface area contributed by atoms with E-state index in [2.05, 4.69) is 4.72 Å². The summed E-state index contributed by atoms with van der Waals surface area (Å²) in [5, 5.41) is 8.58. The number of hydrogen-bond donors (Lipinski definition) is 2. The third-order valence-electron chi connectivity index (χ3n) is 1.88. The van der Waals surface area contributed by atoms with Crippen LogP contribution in [-0.2, 0) is 10.2 Å². The monoisotopic (exact) mass is 239 g/mol. The highest BCUT2D eigenvalue weighted by atomic mass is 32.2. The van der Waals surface area contributed by atoms with Crippen molar-refractivity contribution in [3.8, 4) is 0 Å². The van der Waals surface area contributed by atoms with Gasteiger partial charge >= 0.3 is 0 Å². The number of likely N-dealkylation sites (N-methyl/N-ethyl adjacent to an activating group) is 1. The van der Waals surface area contributed by atoms with Gasteiger partial charge in [0.25, 0.3) is 10.2 Å². The van der Waals surface area contributed by atoms with E-state index in [0.29, 0.717) is 26.1 Å². The lowest BCUT2D eigenvalue weighted by Crippen LogP contribution is -2.41. The summed E-state index contributed by atoms with van der Waals surface area (Å²) >= 11 is 0. The fourth-order valence-electron chi connectivity index (χ4n) is 0.922. The van der Waals surface area contributed by atoms with Gasteiger partial charge < -0.3 is 10.0 Å². The maximum Gasteiger partial charge on any atom is 0.279 e. The number of aliphatic hydroxyl groups excluding tert-OH is 1. The lowest BCUT2D eigenvalue weighted by Gasteiger charge is -2.18. The summed E-state index contributed by atoms with van der Waals surface area (Å²) in [6.07, 6.45) is 0.449. The quantitative estimate of drug-likeness (QED) is 0.552. The molecule has 0 saturated heterocycles. The molecule has 15 heavy (non-hydrogen) atoms. The first-order chi connectivity index (χ1) is 6.90. The minimum Gasteiger partial charge on any atom is -0.396 e. The topological polar surface area (TPSA) is 72.9 Å². The van der Waals surface area contributed by atoms with Gasteiger partial charge in [0.05, 0.1) is 0 Å². The Hall–Kier alpha value is -0.210. The lowest BCUT2D eigenvalue weighted by molar-refractivity contribution is 0.275. The normalized spacial score (nSPS) is 12.7. The van der Waals surface area contributed by atoms with E-state index in [9.17, 15) is 8.42 Å². The average Bonchev–Trinajstić information content (AvgIpc) is 2.13. The Morgan fingerprint density at radius 2 is 1.80 bits per heavy atom. The predicted molar refractivity (Wildman–Crippen MR) is 59.8 cm³/mol. The minimum atomic E-state index is -3.38. The first-order valence-corrected chi connectivity index (χ1v) is 6.30. The van der Waals surface area contributed by atoms with Crippen LogP contribution in [0.15, 0.2) is 0 Å². The van der Waals surface area contributed by atoms with E-state index in [1.54, 1.807) is 0 Å². The molecule has 0 aromatic carbocycles. The molecule has 92 valence electrons. The molecular formula is C8H21N3O3S. The molecule has 0 amide bonds. The second-order valence-corrected chi connectivity index (χ2v) is 5.46. The maximum atomic E-state index is 11.5. The third kappa shape index (κ3) is 6.80. The molecule has 0 saturated carbocycles. The lowest BCUT2D eigenvalue weighted by atomic mass is 10.5. The van der Waals surface area contributed by atoms with Crippen LogP contribution in [0.4, 0.5) is 0 Å². The van der Waals surface area contributed by atoms with Crippen molar-refractivity contribution in [1.82, 2.24) is 13.9 Å². The van der Waals surface area contributed by atoms with Crippen molar-refractivity contribution in [3.05, 3.63) is 0 Å². The van der Waals surface area contributed by atoms with Crippen LogP contribution in [0.3, 0.4) is 0 Å². The Bertz CT molecular complexity index is 254. The Morgan fingerprint density at radius 1 is 1.20 bits per heavy atom. The third-order valence-corrected chi connectivity index (χ3v) is 3.46. The van der Waals surface area contributed by atoms with Gasteiger partial charge in [0.2, 0.25) is 0 Å². The van der Waals surface area contributed by atoms with Crippen LogP contribution in [0.5, 0.6) is 0 Å². The second kappa shape index (κ2) is 7.13. The molecule has 7 heteroatoms. The van der Waals surface area contributed by atoms with E-state index < -0.39 is 10.2 Å². The van der Waals surface area contributed by atoms with Crippen molar-refractivity contribution in [2.45, 2.75) is 6.42 Å². The summed E-state index contributed by atoms with van der Waals surface area (Å²) < 4.78 is 26.7. The molecule has 0 aromatic rings. The van der Waals surface area contributed by atoms with E-state index in [4.69, 9.17) is 5.11 Å². The van der Waals surface area contributed by atoms with Crippen molar-refractivity contribution in [1.29, 1.82) is 0 Å². The fraction of sp³-hybridized carbons (Fsp3) is 1.00. The van der Waals surface area contributed by atoms with Crippen molar-refractivity contribution in [2.24, 2.45) is 0 Å². The molecule has 0 bridgehead atoms. The van der Waals surface area contributed by atoms with Gasteiger partial charge in [-0.1, -0.05) is 0 Å². The van der Waals surface area contributed by atoms with Crippen molar-refractivity contribution in [3.63, 3.8) is 0 Å². The van der Waals surface area contributed by atoms with Crippen molar-refractivity contribution >= 4 is 10.2 Å². The molecule has 0 rings (SSSR count). The molecule has 0 aliphatic carbocycles. The molecule has 0 aromatic heterocycles. The van der Waals surface area contributed by atoms with Gasteiger partial charge in [0.15, 0.2) is 0 Å². The van der Waals surface area contributed by atoms with E-state index in [1.807, 2.05) is 19.0 Å². The molecule has 0 fully saturated rings. The van der Waals surface area contributed by atoms with Crippen LogP contribution in [-0.4, -0.2) is 70.1 Å². The number of hydrogen-bond acceptors (Lipinski definition) is 4. The first-order valence-electron chi connectivity index (χ1n) is 4.86. The Labute approximate surface area is 92.1 Å². The zero-order valence-electron chi connectivity index (χ0n) is 9.60. The number of aliphatic hydroxyl groups is 1. The summed E-state index contributed by atoms with van der Waals surface area (Å²) in [7, 11) is 1.87. The highest BCUT2D eigenvalue weighted by molar-refractivity contribution is 7.87. The highest BCUT2D eigenvalue weighted by Crippen LogP contribution is 1.94. The minimum absolute atomic E-state index is 0.00242. The second-order valence-electron chi connectivity index (χ2n) is 3.60. The van der Waals surface area contributed by atoms with Gasteiger partial charge in [0, 0.05) is 33.3 Å². The summed E-state index contributed by atoms with van der Waals surface area (Å²) in [4.78, 5) is 1.90. The zero-order valence-corrected chi connectivity index (χ0v) is 10.4. The predicted octanol–water partition coefficient (Wildman–Crippen LogP) is -1.30. The van der Waals surface area contributed by atoms with E-state index in [-0.39, 0.29) is 6.61 Å². The van der Waals surface area contributed by atoms with Crippen LogP contribution in [0.25, 0.3) is 0 Å². The van der Waals surface area contributed by atoms with Gasteiger partial charge in [-0.15, -0.1) is 0 Å². The van der Waals surface area contributed by atoms with Gasteiger partial charge in [-0.2, -0.15) is 12.7 Å². The molecule has 2 N–H and O–H groups in total. The van der Waals surface area contributed by atoms with E-state index >= 15 is 0 Å². The van der Waals surface area contributed by atoms with Crippen molar-refractivity contribution < 1.29 is 13.5 Å². The molecule has 0 aliphatic rings. The van der Waals surface area contributed by atoms with Gasteiger partial charge in [-0.05, 0) is 20.5 Å². The van der Waals surface area contributed by atoms with E-state index in [0.717, 1.165) is 0 Å². The summed E-state index contributed by atoms with van der Waals surface area (Å²) in [5.41, 5.74) is 0. The first kappa shape index (κ1) is 14.8. The Balaban J connectivity index is 3.95. The van der Waals surface area contributed by atoms with Crippen molar-refractivity contribution in [2.75, 3.05) is 47.4 Å². The zero-order chi connectivity index (χ0) is 11.9. The van der Waals surface area contributed by atoms with E-state index in [1.165, 1.54) is 11.4 Å². The SMILES string of the molecule is CN(C)CCNS(=O)(=O)N(C)CCCO. The smallest absolute Gasteiger partial charge is 0.279 e. The van der Waals surface area contributed by atoms with Gasteiger partial charge in [0.1, 0.15) is 0 Å². The maximum absolute atomic E-state index is 11.5. The van der Waals surface area contributed by atoms with Crippen LogP contribution in [0, 0.1) is 0 Å². The number of nitrogens with zero attached hydrogens (tertiary/aromatic N) is 2. The number of rotatable bonds is 8. The van der Waals surface area contributed by atoms with Gasteiger partial charge in [-0.25, -0.2) is 4.72 Å².